The molecule has 0 spiro atoms. The van der Waals surface area contributed by atoms with Crippen LogP contribution in [0.3, 0.4) is 0 Å². The van der Waals surface area contributed by atoms with Gasteiger partial charge in [-0.3, -0.25) is 9.69 Å². The van der Waals surface area contributed by atoms with Crippen molar-refractivity contribution in [3.63, 3.8) is 0 Å². The van der Waals surface area contributed by atoms with E-state index in [4.69, 9.17) is 11.5 Å². The van der Waals surface area contributed by atoms with Gasteiger partial charge in [0.2, 0.25) is 5.91 Å². The summed E-state index contributed by atoms with van der Waals surface area (Å²) in [6.07, 6.45) is 1.78. The summed E-state index contributed by atoms with van der Waals surface area (Å²) in [5, 5.41) is 4.23. The molecule has 0 aromatic carbocycles. The summed E-state index contributed by atoms with van der Waals surface area (Å²) in [6, 6.07) is 2.44. The highest BCUT2D eigenvalue weighted by Crippen LogP contribution is 2.31. The maximum atomic E-state index is 11.3. The average Bonchev–Trinajstić information content (AvgIpc) is 3.00. The van der Waals surface area contributed by atoms with E-state index in [2.05, 4.69) is 28.7 Å². The largest absolute Gasteiger partial charge is 0.369 e. The first kappa shape index (κ1) is 13.5. The molecule has 0 radical (unpaired) electrons. The van der Waals surface area contributed by atoms with Gasteiger partial charge in [0.05, 0.1) is 12.0 Å². The van der Waals surface area contributed by atoms with Gasteiger partial charge in [0, 0.05) is 12.6 Å². The van der Waals surface area contributed by atoms with Gasteiger partial charge in [-0.05, 0) is 41.8 Å². The molecule has 1 aromatic rings. The fraction of sp³-hybridized carbons (Fsp3) is 0.615. The first-order valence-corrected chi connectivity index (χ1v) is 7.38. The third kappa shape index (κ3) is 2.74. The SMILES string of the molecule is CCC(N)C(c1ccsc1)N1CCC(C(N)=O)C1. The van der Waals surface area contributed by atoms with Crippen LogP contribution >= 0.6 is 11.3 Å². The Kier molecular flexibility index (Phi) is 4.37. The van der Waals surface area contributed by atoms with Crippen molar-refractivity contribution in [2.75, 3.05) is 13.1 Å². The summed E-state index contributed by atoms with van der Waals surface area (Å²) < 4.78 is 0. The maximum Gasteiger partial charge on any atom is 0.221 e. The Balaban J connectivity index is 2.13. The first-order chi connectivity index (χ1) is 8.63. The summed E-state index contributed by atoms with van der Waals surface area (Å²) in [5.41, 5.74) is 12.9. The van der Waals surface area contributed by atoms with Crippen molar-refractivity contribution in [1.82, 2.24) is 4.90 Å². The van der Waals surface area contributed by atoms with E-state index in [1.807, 2.05) is 0 Å². The number of likely N-dealkylation sites (tertiary alicyclic amines) is 1. The molecular formula is C13H21N3OS. The average molecular weight is 267 g/mol. The lowest BCUT2D eigenvalue weighted by molar-refractivity contribution is -0.121. The molecule has 1 aliphatic heterocycles. The molecule has 1 amide bonds. The van der Waals surface area contributed by atoms with E-state index >= 15 is 0 Å². The van der Waals surface area contributed by atoms with Crippen molar-refractivity contribution < 1.29 is 4.79 Å². The van der Waals surface area contributed by atoms with Crippen LogP contribution < -0.4 is 11.5 Å². The minimum absolute atomic E-state index is 0.0183. The standard InChI is InChI=1S/C13H21N3OS/c1-2-11(14)12(10-4-6-18-8-10)16-5-3-9(7-16)13(15)17/h4,6,8-9,11-12H,2-3,5,7,14H2,1H3,(H2,15,17). The molecule has 100 valence electrons. The van der Waals surface area contributed by atoms with Gasteiger partial charge in [0.1, 0.15) is 0 Å². The maximum absolute atomic E-state index is 11.3. The summed E-state index contributed by atoms with van der Waals surface area (Å²) in [7, 11) is 0. The normalized spacial score (nSPS) is 24.0. The Morgan fingerprint density at radius 3 is 2.94 bits per heavy atom. The van der Waals surface area contributed by atoms with Gasteiger partial charge in [0.15, 0.2) is 0 Å². The first-order valence-electron chi connectivity index (χ1n) is 6.44. The van der Waals surface area contributed by atoms with Crippen molar-refractivity contribution in [1.29, 1.82) is 0 Å². The van der Waals surface area contributed by atoms with Crippen molar-refractivity contribution in [3.8, 4) is 0 Å². The number of amides is 1. The van der Waals surface area contributed by atoms with Crippen LogP contribution in [0.15, 0.2) is 16.8 Å². The van der Waals surface area contributed by atoms with E-state index in [1.54, 1.807) is 11.3 Å². The zero-order valence-corrected chi connectivity index (χ0v) is 11.5. The molecule has 2 rings (SSSR count). The second-order valence-electron chi connectivity index (χ2n) is 4.96. The highest BCUT2D eigenvalue weighted by molar-refractivity contribution is 7.07. The Hall–Kier alpha value is -0.910. The summed E-state index contributed by atoms with van der Waals surface area (Å²) >= 11 is 1.69. The molecule has 0 bridgehead atoms. The molecule has 1 aromatic heterocycles. The Bertz CT molecular complexity index is 393. The van der Waals surface area contributed by atoms with Crippen LogP contribution in [0.25, 0.3) is 0 Å². The lowest BCUT2D eigenvalue weighted by Crippen LogP contribution is -2.40. The number of hydrogen-bond donors (Lipinski definition) is 2. The smallest absolute Gasteiger partial charge is 0.221 e. The van der Waals surface area contributed by atoms with E-state index in [9.17, 15) is 4.79 Å². The van der Waals surface area contributed by atoms with Gasteiger partial charge in [0.25, 0.3) is 0 Å². The van der Waals surface area contributed by atoms with Gasteiger partial charge in [-0.1, -0.05) is 6.92 Å². The van der Waals surface area contributed by atoms with E-state index in [0.29, 0.717) is 0 Å². The Morgan fingerprint density at radius 1 is 1.67 bits per heavy atom. The number of nitrogens with zero attached hydrogens (tertiary/aromatic N) is 1. The van der Waals surface area contributed by atoms with Crippen LogP contribution in [0.1, 0.15) is 31.4 Å². The third-order valence-corrected chi connectivity index (χ3v) is 4.48. The van der Waals surface area contributed by atoms with Crippen LogP contribution in [0.5, 0.6) is 0 Å². The summed E-state index contributed by atoms with van der Waals surface area (Å²) in [4.78, 5) is 13.6. The second kappa shape index (κ2) is 5.82. The number of thiophene rings is 1. The molecule has 0 aliphatic carbocycles. The van der Waals surface area contributed by atoms with E-state index in [0.717, 1.165) is 25.9 Å². The van der Waals surface area contributed by atoms with Gasteiger partial charge in [-0.25, -0.2) is 0 Å². The minimum Gasteiger partial charge on any atom is -0.369 e. The van der Waals surface area contributed by atoms with E-state index in [1.165, 1.54) is 5.56 Å². The number of carbonyl (C=O) groups is 1. The monoisotopic (exact) mass is 267 g/mol. The van der Waals surface area contributed by atoms with Gasteiger partial charge in [-0.2, -0.15) is 11.3 Å². The van der Waals surface area contributed by atoms with Crippen LogP contribution in [0, 0.1) is 5.92 Å². The van der Waals surface area contributed by atoms with Gasteiger partial charge < -0.3 is 11.5 Å². The quantitative estimate of drug-likeness (QED) is 0.845. The zero-order chi connectivity index (χ0) is 13.1. The lowest BCUT2D eigenvalue weighted by atomic mass is 9.99. The number of rotatable bonds is 5. The van der Waals surface area contributed by atoms with Crippen molar-refractivity contribution in [2.45, 2.75) is 31.8 Å². The molecule has 1 aliphatic rings. The van der Waals surface area contributed by atoms with Crippen LogP contribution in [0.4, 0.5) is 0 Å². The molecule has 1 fully saturated rings. The van der Waals surface area contributed by atoms with Gasteiger partial charge >= 0.3 is 0 Å². The fourth-order valence-corrected chi connectivity index (χ4v) is 3.36. The van der Waals surface area contributed by atoms with Crippen LogP contribution in [-0.2, 0) is 4.79 Å². The fourth-order valence-electron chi connectivity index (χ4n) is 2.67. The predicted octanol–water partition coefficient (Wildman–Crippen LogP) is 1.33. The number of nitrogens with two attached hydrogens (primary N) is 2. The molecule has 18 heavy (non-hydrogen) atoms. The summed E-state index contributed by atoms with van der Waals surface area (Å²) in [5.74, 6) is -0.207. The van der Waals surface area contributed by atoms with E-state index in [-0.39, 0.29) is 23.9 Å². The Morgan fingerprint density at radius 2 is 2.44 bits per heavy atom. The second-order valence-corrected chi connectivity index (χ2v) is 5.74. The highest BCUT2D eigenvalue weighted by Gasteiger charge is 2.34. The number of primary amides is 1. The highest BCUT2D eigenvalue weighted by atomic mass is 32.1. The lowest BCUT2D eigenvalue weighted by Gasteiger charge is -2.31. The van der Waals surface area contributed by atoms with Gasteiger partial charge in [-0.15, -0.1) is 0 Å². The molecule has 2 heterocycles. The molecule has 0 saturated carbocycles. The van der Waals surface area contributed by atoms with E-state index < -0.39 is 0 Å². The third-order valence-electron chi connectivity index (χ3n) is 3.78. The number of hydrogen-bond acceptors (Lipinski definition) is 4. The number of carbonyl (C=O) groups excluding carboxylic acids is 1. The molecule has 3 unspecified atom stereocenters. The molecule has 3 atom stereocenters. The van der Waals surface area contributed by atoms with Crippen molar-refractivity contribution >= 4 is 17.2 Å². The molecule has 1 saturated heterocycles. The molecule has 5 heteroatoms. The predicted molar refractivity (Wildman–Crippen MR) is 74.2 cm³/mol. The molecule has 4 nitrogen and oxygen atoms in total. The minimum atomic E-state index is -0.188. The Labute approximate surface area is 112 Å². The van der Waals surface area contributed by atoms with Crippen LogP contribution in [-0.4, -0.2) is 29.9 Å². The molecular weight excluding hydrogens is 246 g/mol. The topological polar surface area (TPSA) is 72.3 Å². The zero-order valence-electron chi connectivity index (χ0n) is 10.7. The van der Waals surface area contributed by atoms with Crippen molar-refractivity contribution in [2.24, 2.45) is 17.4 Å². The van der Waals surface area contributed by atoms with Crippen LogP contribution in [0.2, 0.25) is 0 Å². The summed E-state index contributed by atoms with van der Waals surface area (Å²) in [6.45, 7) is 3.75. The van der Waals surface area contributed by atoms with Crippen molar-refractivity contribution in [3.05, 3.63) is 22.4 Å². The molecule has 4 N–H and O–H groups in total.